The van der Waals surface area contributed by atoms with E-state index in [1.165, 1.54) is 0 Å². The Balaban J connectivity index is 4.46. The zero-order valence-electron chi connectivity index (χ0n) is 4.86. The lowest BCUT2D eigenvalue weighted by atomic mass is 12.0. The Kier molecular flexibility index (Phi) is 2.57. The van der Waals surface area contributed by atoms with Crippen LogP contribution < -0.4 is 0 Å². The van der Waals surface area contributed by atoms with Gasteiger partial charge in [0.15, 0.2) is 8.77 Å². The van der Waals surface area contributed by atoms with E-state index in [0.29, 0.717) is 0 Å². The molecule has 56 valence electrons. The molecule has 4 nitrogen and oxygen atoms in total. The van der Waals surface area contributed by atoms with Gasteiger partial charge < -0.3 is 0 Å². The van der Waals surface area contributed by atoms with E-state index in [1.54, 1.807) is 0 Å². The lowest BCUT2D eigenvalue weighted by molar-refractivity contribution is 0.506. The minimum Gasteiger partial charge on any atom is -0.228 e. The molecule has 1 unspecified atom stereocenters. The minimum atomic E-state index is -3.66. The molecule has 1 atom stereocenters. The smallest absolute Gasteiger partial charge is 0.228 e. The van der Waals surface area contributed by atoms with Crippen molar-refractivity contribution in [2.24, 2.45) is 0 Å². The standard InChI is InChI=1S/C2H6O4S3/c1-8(3,4)6-9(2,5)7/h1-2H3. The summed E-state index contributed by atoms with van der Waals surface area (Å²) in [6.07, 6.45) is 1.83. The number of hydrogen-bond donors (Lipinski definition) is 0. The van der Waals surface area contributed by atoms with Gasteiger partial charge in [-0.05, 0) is 0 Å². The van der Waals surface area contributed by atoms with E-state index < -0.39 is 18.9 Å². The van der Waals surface area contributed by atoms with Crippen molar-refractivity contribution in [1.29, 1.82) is 0 Å². The lowest BCUT2D eigenvalue weighted by Crippen LogP contribution is -2.08. The van der Waals surface area contributed by atoms with Gasteiger partial charge in [-0.1, -0.05) is 0 Å². The zero-order chi connectivity index (χ0) is 7.71. The minimum absolute atomic E-state index is 0.794. The highest BCUT2D eigenvalue weighted by Gasteiger charge is 2.07. The Morgan fingerprint density at radius 2 is 1.56 bits per heavy atom. The molecule has 0 aromatic heterocycles. The molecule has 0 spiro atoms. The maximum atomic E-state index is 10.4. The maximum absolute atomic E-state index is 10.4. The second-order valence-corrected chi connectivity index (χ2v) is 6.65. The fourth-order valence-corrected chi connectivity index (χ4v) is 2.93. The van der Waals surface area contributed by atoms with Crippen LogP contribution in [0.2, 0.25) is 0 Å². The summed E-state index contributed by atoms with van der Waals surface area (Å²) >= 11 is 4.16. The van der Waals surface area contributed by atoms with Crippen molar-refractivity contribution in [2.75, 3.05) is 12.5 Å². The first-order valence-corrected chi connectivity index (χ1v) is 6.45. The Bertz CT molecular complexity index is 239. The van der Waals surface area contributed by atoms with Crippen molar-refractivity contribution in [3.05, 3.63) is 0 Å². The molecule has 7 heteroatoms. The molecule has 0 aliphatic carbocycles. The number of hydrogen-bond acceptors (Lipinski definition) is 5. The SMILES string of the molecule is CS(=O)(=O)OS(C)(=O)=S. The van der Waals surface area contributed by atoms with Crippen LogP contribution >= 0.6 is 0 Å². The summed E-state index contributed by atoms with van der Waals surface area (Å²) in [5.74, 6) is 0. The van der Waals surface area contributed by atoms with E-state index in [9.17, 15) is 12.6 Å². The first-order valence-electron chi connectivity index (χ1n) is 1.82. The molecule has 0 bridgehead atoms. The van der Waals surface area contributed by atoms with E-state index in [4.69, 9.17) is 0 Å². The van der Waals surface area contributed by atoms with E-state index in [-0.39, 0.29) is 0 Å². The van der Waals surface area contributed by atoms with Crippen molar-refractivity contribution in [3.8, 4) is 0 Å². The molecule has 0 radical (unpaired) electrons. The molecule has 0 aliphatic rings. The predicted molar refractivity (Wildman–Crippen MR) is 37.4 cm³/mol. The fourth-order valence-electron chi connectivity index (χ4n) is 0.225. The van der Waals surface area contributed by atoms with Gasteiger partial charge in [-0.25, -0.2) is 4.21 Å². The quantitative estimate of drug-likeness (QED) is 0.573. The van der Waals surface area contributed by atoms with Crippen LogP contribution in [-0.2, 0) is 33.7 Å². The second kappa shape index (κ2) is 2.49. The van der Waals surface area contributed by atoms with E-state index >= 15 is 0 Å². The molecule has 0 aromatic rings. The third kappa shape index (κ3) is 8.28. The Labute approximate surface area is 59.2 Å². The average molecular weight is 190 g/mol. The van der Waals surface area contributed by atoms with Gasteiger partial charge in [0.25, 0.3) is 10.1 Å². The van der Waals surface area contributed by atoms with Crippen LogP contribution in [0.15, 0.2) is 0 Å². The molecule has 0 saturated heterocycles. The summed E-state index contributed by atoms with van der Waals surface area (Å²) in [6, 6.07) is 0. The highest BCUT2D eigenvalue weighted by Crippen LogP contribution is 1.93. The van der Waals surface area contributed by atoms with Gasteiger partial charge in [-0.15, -0.1) is 0 Å². The molecule has 0 saturated carbocycles. The topological polar surface area (TPSA) is 60.4 Å². The van der Waals surface area contributed by atoms with Gasteiger partial charge in [-0.2, -0.15) is 12.0 Å². The highest BCUT2D eigenvalue weighted by molar-refractivity contribution is 8.32. The molecule has 0 heterocycles. The van der Waals surface area contributed by atoms with Crippen molar-refractivity contribution in [1.82, 2.24) is 0 Å². The van der Waals surface area contributed by atoms with Gasteiger partial charge in [0.2, 0.25) is 0 Å². The summed E-state index contributed by atoms with van der Waals surface area (Å²) in [5.41, 5.74) is 0. The Hall–Kier alpha value is 0.280. The molecule has 0 aliphatic heterocycles. The van der Waals surface area contributed by atoms with Gasteiger partial charge in [0.1, 0.15) is 0 Å². The molecular formula is C2H6O4S3. The molecule has 0 N–H and O–H groups in total. The van der Waals surface area contributed by atoms with Crippen LogP contribution in [0.1, 0.15) is 0 Å². The van der Waals surface area contributed by atoms with Crippen LogP contribution in [-0.4, -0.2) is 25.1 Å². The lowest BCUT2D eigenvalue weighted by Gasteiger charge is -1.96. The summed E-state index contributed by atoms with van der Waals surface area (Å²) in [4.78, 5) is 0. The Morgan fingerprint density at radius 3 is 1.56 bits per heavy atom. The molecule has 9 heavy (non-hydrogen) atoms. The molecule has 0 fully saturated rings. The summed E-state index contributed by atoms with van der Waals surface area (Å²) in [6.45, 7) is 0. The van der Waals surface area contributed by atoms with E-state index in [0.717, 1.165) is 12.5 Å². The largest absolute Gasteiger partial charge is 0.277 e. The van der Waals surface area contributed by atoms with E-state index in [1.807, 2.05) is 0 Å². The summed E-state index contributed by atoms with van der Waals surface area (Å²) < 4.78 is 34.7. The highest BCUT2D eigenvalue weighted by atomic mass is 32.8. The van der Waals surface area contributed by atoms with Crippen molar-refractivity contribution < 1.29 is 16.3 Å². The third-order valence-corrected chi connectivity index (χ3v) is 2.72. The predicted octanol–water partition coefficient (Wildman–Crippen LogP) is -0.746. The molecule has 0 amide bonds. The van der Waals surface area contributed by atoms with Crippen LogP contribution in [0.25, 0.3) is 0 Å². The van der Waals surface area contributed by atoms with E-state index in [2.05, 4.69) is 14.8 Å². The van der Waals surface area contributed by atoms with Gasteiger partial charge in [-0.3, -0.25) is 0 Å². The van der Waals surface area contributed by atoms with Gasteiger partial charge in [0.05, 0.1) is 6.26 Å². The Morgan fingerprint density at radius 1 is 1.22 bits per heavy atom. The van der Waals surface area contributed by atoms with Crippen LogP contribution in [0.3, 0.4) is 0 Å². The summed E-state index contributed by atoms with van der Waals surface area (Å²) in [7, 11) is -6.70. The molecule has 0 aromatic carbocycles. The molecular weight excluding hydrogens is 184 g/mol. The maximum Gasteiger partial charge on any atom is 0.277 e. The summed E-state index contributed by atoms with van der Waals surface area (Å²) in [5, 5.41) is 0. The van der Waals surface area contributed by atoms with Crippen molar-refractivity contribution >= 4 is 30.1 Å². The van der Waals surface area contributed by atoms with Crippen LogP contribution in [0.5, 0.6) is 0 Å². The van der Waals surface area contributed by atoms with Gasteiger partial charge >= 0.3 is 0 Å². The average Bonchev–Trinajstić information content (AvgIpc) is 1.14. The molecule has 0 rings (SSSR count). The van der Waals surface area contributed by atoms with Crippen molar-refractivity contribution in [3.63, 3.8) is 0 Å². The normalized spacial score (nSPS) is 18.9. The van der Waals surface area contributed by atoms with Crippen LogP contribution in [0, 0.1) is 0 Å². The monoisotopic (exact) mass is 190 g/mol. The third-order valence-electron chi connectivity index (χ3n) is 0.247. The zero-order valence-corrected chi connectivity index (χ0v) is 7.31. The van der Waals surface area contributed by atoms with Crippen molar-refractivity contribution in [2.45, 2.75) is 0 Å². The van der Waals surface area contributed by atoms with Gasteiger partial charge in [0, 0.05) is 17.4 Å². The first kappa shape index (κ1) is 9.28. The first-order chi connectivity index (χ1) is 3.71. The van der Waals surface area contributed by atoms with Crippen LogP contribution in [0.4, 0.5) is 0 Å². The number of rotatable bonds is 2. The fraction of sp³-hybridized carbons (Fsp3) is 1.00. The second-order valence-electron chi connectivity index (χ2n) is 1.48.